The molecule has 2 N–H and O–H groups in total. The van der Waals surface area contributed by atoms with Gasteiger partial charge in [-0.05, 0) is 42.4 Å². The molecule has 10 nitrogen and oxygen atoms in total. The molecule has 33 heavy (non-hydrogen) atoms. The molecule has 0 bridgehead atoms. The average molecular weight is 447 g/mol. The van der Waals surface area contributed by atoms with Gasteiger partial charge >= 0.3 is 0 Å². The molecule has 4 aromatic rings. The number of hydrogen-bond donors (Lipinski definition) is 2. The van der Waals surface area contributed by atoms with E-state index in [2.05, 4.69) is 31.7 Å². The predicted octanol–water partition coefficient (Wildman–Crippen LogP) is 2.58. The van der Waals surface area contributed by atoms with E-state index in [9.17, 15) is 4.79 Å². The van der Waals surface area contributed by atoms with Gasteiger partial charge in [0.25, 0.3) is 0 Å². The second-order valence-corrected chi connectivity index (χ2v) is 9.16. The van der Waals surface area contributed by atoms with Crippen LogP contribution in [0.3, 0.4) is 0 Å². The molecule has 1 aliphatic heterocycles. The summed E-state index contributed by atoms with van der Waals surface area (Å²) in [7, 11) is 3.51. The molecule has 0 radical (unpaired) electrons. The van der Waals surface area contributed by atoms with Crippen LogP contribution in [0.4, 0.5) is 5.95 Å². The summed E-state index contributed by atoms with van der Waals surface area (Å²) in [5.41, 5.74) is 4.51. The number of H-pyrrole nitrogens is 1. The monoisotopic (exact) mass is 446 g/mol. The number of nitrogens with zero attached hydrogens (tertiary/aromatic N) is 6. The van der Waals surface area contributed by atoms with Crippen LogP contribution in [0.5, 0.6) is 5.88 Å². The molecule has 1 saturated carbocycles. The van der Waals surface area contributed by atoms with Crippen molar-refractivity contribution < 1.29 is 9.53 Å². The maximum absolute atomic E-state index is 11.7. The van der Waals surface area contributed by atoms with Gasteiger partial charge in [-0.15, -0.1) is 5.10 Å². The van der Waals surface area contributed by atoms with Crippen molar-refractivity contribution in [2.45, 2.75) is 25.8 Å². The number of likely N-dealkylation sites (tertiary alicyclic amines) is 1. The third-order valence-corrected chi connectivity index (χ3v) is 7.14. The third-order valence-electron chi connectivity index (χ3n) is 7.14. The molecule has 2 aliphatic rings. The lowest BCUT2D eigenvalue weighted by molar-refractivity contribution is -0.128. The summed E-state index contributed by atoms with van der Waals surface area (Å²) in [5, 5.41) is 12.6. The number of ether oxygens (including phenoxy) is 1. The van der Waals surface area contributed by atoms with Crippen molar-refractivity contribution in [2.75, 3.05) is 25.5 Å². The summed E-state index contributed by atoms with van der Waals surface area (Å²) in [4.78, 5) is 26.4. The number of amides is 1. The van der Waals surface area contributed by atoms with E-state index in [4.69, 9.17) is 9.72 Å². The number of fused-ring (bicyclic) bond motifs is 3. The molecule has 0 spiro atoms. The minimum Gasteiger partial charge on any atom is -0.480 e. The summed E-state index contributed by atoms with van der Waals surface area (Å²) in [5.74, 6) is 2.36. The number of nitrogens with one attached hydrogen (secondary N) is 2. The van der Waals surface area contributed by atoms with Crippen molar-refractivity contribution in [3.63, 3.8) is 0 Å². The van der Waals surface area contributed by atoms with Crippen LogP contribution < -0.4 is 10.1 Å². The standard InChI is InChI=1S/C23H26N8O2/c1-12(32)31-10-14-6-16(7-15(14)11-31)25-23-26-21-20(22(27-23)33-3)17(9-24-21)13-4-5-18-19(8-13)30(2)29-28-18/h4-5,8-9,14-16H,6-7,10-11H2,1-3H3,(H2,24,25,26,27)/t14-,15+,16-. The molecule has 1 amide bonds. The van der Waals surface area contributed by atoms with Crippen molar-refractivity contribution in [2.24, 2.45) is 18.9 Å². The SMILES string of the molecule is COc1nc(N[C@@H]2C[C@@H]3CN(C(C)=O)C[C@@H]3C2)nc2[nH]cc(-c3ccc4nnn(C)c4c3)c12. The molecule has 1 aromatic carbocycles. The quantitative estimate of drug-likeness (QED) is 0.495. The van der Waals surface area contributed by atoms with Gasteiger partial charge in [0.15, 0.2) is 0 Å². The summed E-state index contributed by atoms with van der Waals surface area (Å²) in [6.45, 7) is 3.37. The van der Waals surface area contributed by atoms with E-state index in [1.807, 2.05) is 30.3 Å². The maximum Gasteiger partial charge on any atom is 0.228 e. The molecule has 170 valence electrons. The van der Waals surface area contributed by atoms with Gasteiger partial charge in [0, 0.05) is 44.9 Å². The number of carbonyl (C=O) groups is 1. The second-order valence-electron chi connectivity index (χ2n) is 9.16. The van der Waals surface area contributed by atoms with Gasteiger partial charge < -0.3 is 19.9 Å². The lowest BCUT2D eigenvalue weighted by Gasteiger charge is -2.18. The highest BCUT2D eigenvalue weighted by Gasteiger charge is 2.41. The van der Waals surface area contributed by atoms with Crippen LogP contribution in [0.25, 0.3) is 33.2 Å². The molecule has 6 rings (SSSR count). The first kappa shape index (κ1) is 20.0. The summed E-state index contributed by atoms with van der Waals surface area (Å²) in [6, 6.07) is 6.34. The lowest BCUT2D eigenvalue weighted by Crippen LogP contribution is -2.29. The van der Waals surface area contributed by atoms with E-state index >= 15 is 0 Å². The molecule has 1 saturated heterocycles. The first-order valence-corrected chi connectivity index (χ1v) is 11.2. The first-order chi connectivity index (χ1) is 16.0. The second kappa shape index (κ2) is 7.43. The van der Waals surface area contributed by atoms with Gasteiger partial charge in [-0.2, -0.15) is 9.97 Å². The van der Waals surface area contributed by atoms with E-state index in [-0.39, 0.29) is 5.91 Å². The highest BCUT2D eigenvalue weighted by molar-refractivity contribution is 5.99. The van der Waals surface area contributed by atoms with Gasteiger partial charge in [0.05, 0.1) is 18.0 Å². The molecular weight excluding hydrogens is 420 g/mol. The highest BCUT2D eigenvalue weighted by Crippen LogP contribution is 2.40. The minimum absolute atomic E-state index is 0.175. The van der Waals surface area contributed by atoms with Gasteiger partial charge in [0.1, 0.15) is 11.2 Å². The highest BCUT2D eigenvalue weighted by atomic mass is 16.5. The molecule has 10 heteroatoms. The average Bonchev–Trinajstić information content (AvgIpc) is 3.56. The first-order valence-electron chi connectivity index (χ1n) is 11.2. The van der Waals surface area contributed by atoms with Crippen molar-refractivity contribution >= 4 is 33.9 Å². The smallest absolute Gasteiger partial charge is 0.228 e. The Labute approximate surface area is 190 Å². The fourth-order valence-electron chi connectivity index (χ4n) is 5.50. The van der Waals surface area contributed by atoms with E-state index in [1.54, 1.807) is 18.7 Å². The summed E-state index contributed by atoms with van der Waals surface area (Å²) < 4.78 is 7.44. The number of benzene rings is 1. The number of carbonyl (C=O) groups excluding carboxylic acids is 1. The van der Waals surface area contributed by atoms with Gasteiger partial charge in [-0.3, -0.25) is 4.79 Å². The number of hydrogen-bond acceptors (Lipinski definition) is 7. The van der Waals surface area contributed by atoms with Crippen molar-refractivity contribution in [1.29, 1.82) is 0 Å². The van der Waals surface area contributed by atoms with Gasteiger partial charge in [-0.1, -0.05) is 11.3 Å². The Hall–Kier alpha value is -3.69. The van der Waals surface area contributed by atoms with E-state index in [0.29, 0.717) is 29.7 Å². The van der Waals surface area contributed by atoms with Crippen LogP contribution in [-0.2, 0) is 11.8 Å². The zero-order chi connectivity index (χ0) is 22.7. The topological polar surface area (TPSA) is 114 Å². The van der Waals surface area contributed by atoms with Crippen LogP contribution in [0, 0.1) is 11.8 Å². The number of rotatable bonds is 4. The van der Waals surface area contributed by atoms with Crippen LogP contribution in [0.1, 0.15) is 19.8 Å². The van der Waals surface area contributed by atoms with Crippen LogP contribution >= 0.6 is 0 Å². The normalized spacial score (nSPS) is 22.3. The molecule has 2 fully saturated rings. The molecule has 3 aromatic heterocycles. The Bertz CT molecular complexity index is 1360. The minimum atomic E-state index is 0.175. The van der Waals surface area contributed by atoms with E-state index < -0.39 is 0 Å². The van der Waals surface area contributed by atoms with Crippen molar-refractivity contribution in [3.05, 3.63) is 24.4 Å². The summed E-state index contributed by atoms with van der Waals surface area (Å²) in [6.07, 6.45) is 3.98. The maximum atomic E-state index is 11.7. The lowest BCUT2D eigenvalue weighted by atomic mass is 10.0. The molecule has 1 aliphatic carbocycles. The predicted molar refractivity (Wildman–Crippen MR) is 124 cm³/mol. The fraction of sp³-hybridized carbons (Fsp3) is 0.435. The van der Waals surface area contributed by atoms with Crippen LogP contribution in [0.15, 0.2) is 24.4 Å². The largest absolute Gasteiger partial charge is 0.480 e. The molecule has 4 heterocycles. The Morgan fingerprint density at radius 1 is 1.21 bits per heavy atom. The molecule has 0 unspecified atom stereocenters. The van der Waals surface area contributed by atoms with Gasteiger partial charge in [0.2, 0.25) is 17.7 Å². The number of anilines is 1. The Balaban J connectivity index is 1.28. The zero-order valence-electron chi connectivity index (χ0n) is 18.9. The van der Waals surface area contributed by atoms with Crippen LogP contribution in [0.2, 0.25) is 0 Å². The molecular formula is C23H26N8O2. The van der Waals surface area contributed by atoms with Gasteiger partial charge in [-0.25, -0.2) is 4.68 Å². The number of aryl methyl sites for hydroxylation is 1. The number of aromatic amines is 1. The number of aromatic nitrogens is 6. The van der Waals surface area contributed by atoms with Crippen LogP contribution in [-0.4, -0.2) is 67.0 Å². The van der Waals surface area contributed by atoms with E-state index in [1.165, 1.54) is 0 Å². The van der Waals surface area contributed by atoms with Crippen molar-refractivity contribution in [1.82, 2.24) is 34.8 Å². The fourth-order valence-corrected chi connectivity index (χ4v) is 5.50. The Morgan fingerprint density at radius 3 is 2.73 bits per heavy atom. The van der Waals surface area contributed by atoms with E-state index in [0.717, 1.165) is 59.1 Å². The summed E-state index contributed by atoms with van der Waals surface area (Å²) >= 11 is 0. The zero-order valence-corrected chi connectivity index (χ0v) is 18.9. The third kappa shape index (κ3) is 3.28. The Kier molecular flexibility index (Phi) is 4.49. The Morgan fingerprint density at radius 2 is 2.00 bits per heavy atom. The van der Waals surface area contributed by atoms with Crippen molar-refractivity contribution in [3.8, 4) is 17.0 Å². The molecule has 3 atom stereocenters. The number of methoxy groups -OCH3 is 1.